The number of likely N-dealkylation sites (tertiary alicyclic amines) is 1. The van der Waals surface area contributed by atoms with Gasteiger partial charge in [0, 0.05) is 23.1 Å². The molecule has 4 heterocycles. The van der Waals surface area contributed by atoms with Gasteiger partial charge in [-0.05, 0) is 30.7 Å². The van der Waals surface area contributed by atoms with E-state index in [9.17, 15) is 24.6 Å². The normalized spacial score (nSPS) is 24.1. The number of rotatable bonds is 4. The van der Waals surface area contributed by atoms with Gasteiger partial charge in [-0.15, -0.1) is 10.2 Å². The fourth-order valence-electron chi connectivity index (χ4n) is 4.30. The molecule has 5 N–H and O–H groups in total. The number of carboxylic acid groups (broad SMARTS) is 1. The SMILES string of the molecule is Nc1nnc(SC2=C(C(=O)O)N3C(=O)[C@@H]4[C@H]3C2CCN4C(=O)Nc2ccc(O)cc2)s1. The number of hydrogen-bond acceptors (Lipinski definition) is 9. The maximum atomic E-state index is 12.9. The van der Waals surface area contributed by atoms with E-state index in [-0.39, 0.29) is 22.5 Å². The predicted molar refractivity (Wildman–Crippen MR) is 111 cm³/mol. The number of anilines is 2. The minimum Gasteiger partial charge on any atom is -0.508 e. The van der Waals surface area contributed by atoms with Crippen LogP contribution in [0.15, 0.2) is 39.2 Å². The van der Waals surface area contributed by atoms with Crippen LogP contribution >= 0.6 is 23.1 Å². The molecule has 31 heavy (non-hydrogen) atoms. The molecule has 0 spiro atoms. The largest absolute Gasteiger partial charge is 0.508 e. The molecule has 3 amide bonds. The molecule has 0 radical (unpaired) electrons. The van der Waals surface area contributed by atoms with Crippen LogP contribution < -0.4 is 11.1 Å². The van der Waals surface area contributed by atoms with E-state index in [0.717, 1.165) is 11.3 Å². The van der Waals surface area contributed by atoms with Gasteiger partial charge in [0.15, 0.2) is 4.34 Å². The highest BCUT2D eigenvalue weighted by Crippen LogP contribution is 2.53. The molecule has 0 aliphatic carbocycles. The second-order valence-corrected chi connectivity index (χ2v) is 9.53. The number of phenols is 1. The van der Waals surface area contributed by atoms with E-state index in [1.807, 2.05) is 0 Å². The van der Waals surface area contributed by atoms with Crippen molar-refractivity contribution >= 4 is 51.8 Å². The summed E-state index contributed by atoms with van der Waals surface area (Å²) in [6, 6.07) is 4.39. The van der Waals surface area contributed by atoms with Gasteiger partial charge in [0.25, 0.3) is 5.91 Å². The highest BCUT2D eigenvalue weighted by atomic mass is 32.2. The smallest absolute Gasteiger partial charge is 0.353 e. The summed E-state index contributed by atoms with van der Waals surface area (Å²) >= 11 is 2.31. The van der Waals surface area contributed by atoms with Crippen molar-refractivity contribution in [2.75, 3.05) is 17.6 Å². The number of nitrogens with one attached hydrogen (secondary N) is 1. The summed E-state index contributed by atoms with van der Waals surface area (Å²) in [5, 5.41) is 29.9. The number of nitrogens with zero attached hydrogens (tertiary/aromatic N) is 4. The number of urea groups is 1. The van der Waals surface area contributed by atoms with Gasteiger partial charge >= 0.3 is 12.0 Å². The molecule has 1 aromatic heterocycles. The van der Waals surface area contributed by atoms with Gasteiger partial charge < -0.3 is 26.2 Å². The number of aromatic hydroxyl groups is 1. The number of phenolic OH excluding ortho intramolecular Hbond substituents is 1. The Morgan fingerprint density at radius 2 is 2.00 bits per heavy atom. The fourth-order valence-corrected chi connectivity index (χ4v) is 6.29. The van der Waals surface area contributed by atoms with Gasteiger partial charge in [0.05, 0.1) is 6.04 Å². The number of carboxylic acids is 1. The van der Waals surface area contributed by atoms with Gasteiger partial charge in [-0.3, -0.25) is 9.69 Å². The van der Waals surface area contributed by atoms with Crippen molar-refractivity contribution in [1.82, 2.24) is 20.0 Å². The predicted octanol–water partition coefficient (Wildman–Crippen LogP) is 1.36. The Morgan fingerprint density at radius 3 is 2.65 bits per heavy atom. The number of β-lactam (4-membered cyclic amide) rings is 1. The monoisotopic (exact) mass is 460 g/mol. The van der Waals surface area contributed by atoms with Crippen LogP contribution in [0.3, 0.4) is 0 Å². The number of carbonyl (C=O) groups is 3. The van der Waals surface area contributed by atoms with Crippen LogP contribution in [0.1, 0.15) is 6.42 Å². The van der Waals surface area contributed by atoms with E-state index in [1.165, 1.54) is 33.7 Å². The van der Waals surface area contributed by atoms with Crippen molar-refractivity contribution in [2.45, 2.75) is 22.8 Å². The van der Waals surface area contributed by atoms with Gasteiger partial charge in [0.2, 0.25) is 5.13 Å². The van der Waals surface area contributed by atoms with Crippen molar-refractivity contribution in [3.8, 4) is 5.75 Å². The highest BCUT2D eigenvalue weighted by Gasteiger charge is 2.64. The molecular weight excluding hydrogens is 444 g/mol. The molecule has 2 saturated heterocycles. The molecule has 160 valence electrons. The van der Waals surface area contributed by atoms with E-state index in [1.54, 1.807) is 12.1 Å². The summed E-state index contributed by atoms with van der Waals surface area (Å²) in [5.41, 5.74) is 6.05. The molecular formula is C18H16N6O5S2. The van der Waals surface area contributed by atoms with Gasteiger partial charge in [-0.1, -0.05) is 23.1 Å². The first kappa shape index (κ1) is 19.6. The number of carbonyl (C=O) groups excluding carboxylic acids is 2. The zero-order valence-electron chi connectivity index (χ0n) is 15.8. The van der Waals surface area contributed by atoms with E-state index >= 15 is 0 Å². The number of thioether (sulfide) groups is 1. The molecule has 5 rings (SSSR count). The van der Waals surface area contributed by atoms with Gasteiger partial charge in [-0.25, -0.2) is 9.59 Å². The number of nitrogen functional groups attached to an aromatic ring is 1. The van der Waals surface area contributed by atoms with Crippen molar-refractivity contribution in [3.05, 3.63) is 34.9 Å². The molecule has 0 saturated carbocycles. The lowest BCUT2D eigenvalue weighted by Crippen LogP contribution is -2.74. The number of nitrogens with two attached hydrogens (primary N) is 1. The van der Waals surface area contributed by atoms with E-state index in [0.29, 0.717) is 27.9 Å². The lowest BCUT2D eigenvalue weighted by Gasteiger charge is -2.53. The Balaban J connectivity index is 1.39. The molecule has 3 aliphatic rings. The molecule has 0 bridgehead atoms. The first-order chi connectivity index (χ1) is 14.8. The van der Waals surface area contributed by atoms with Crippen molar-refractivity contribution in [2.24, 2.45) is 5.92 Å². The Labute approximate surface area is 183 Å². The maximum Gasteiger partial charge on any atom is 0.353 e. The third kappa shape index (κ3) is 3.08. The number of benzene rings is 1. The van der Waals surface area contributed by atoms with E-state index in [2.05, 4.69) is 15.5 Å². The maximum absolute atomic E-state index is 12.9. The average molecular weight is 460 g/mol. The zero-order chi connectivity index (χ0) is 21.9. The fraction of sp³-hybridized carbons (Fsp3) is 0.278. The molecule has 3 atom stereocenters. The van der Waals surface area contributed by atoms with Crippen molar-refractivity contribution in [3.63, 3.8) is 0 Å². The van der Waals surface area contributed by atoms with E-state index in [4.69, 9.17) is 5.73 Å². The summed E-state index contributed by atoms with van der Waals surface area (Å²) < 4.78 is 0.505. The molecule has 13 heteroatoms. The molecule has 1 unspecified atom stereocenters. The topological polar surface area (TPSA) is 162 Å². The van der Waals surface area contributed by atoms with Crippen LogP contribution in [0, 0.1) is 5.92 Å². The Kier molecular flexibility index (Phi) is 4.51. The van der Waals surface area contributed by atoms with E-state index < -0.39 is 30.0 Å². The first-order valence-electron chi connectivity index (χ1n) is 9.29. The van der Waals surface area contributed by atoms with Crippen molar-refractivity contribution in [1.29, 1.82) is 0 Å². The summed E-state index contributed by atoms with van der Waals surface area (Å²) in [4.78, 5) is 41.0. The van der Waals surface area contributed by atoms with Crippen LogP contribution in [0.2, 0.25) is 0 Å². The Bertz CT molecular complexity index is 1130. The second kappa shape index (κ2) is 7.13. The van der Waals surface area contributed by atoms with Crippen LogP contribution in [-0.4, -0.2) is 66.7 Å². The third-order valence-corrected chi connectivity index (χ3v) is 7.57. The Morgan fingerprint density at radius 1 is 1.26 bits per heavy atom. The van der Waals surface area contributed by atoms with Crippen LogP contribution in [-0.2, 0) is 9.59 Å². The summed E-state index contributed by atoms with van der Waals surface area (Å²) in [6.45, 7) is 0.296. The second-order valence-electron chi connectivity index (χ2n) is 7.24. The highest BCUT2D eigenvalue weighted by molar-refractivity contribution is 8.04. The quantitative estimate of drug-likeness (QED) is 0.390. The number of aliphatic carboxylic acids is 1. The Hall–Kier alpha value is -3.32. The molecule has 3 aliphatic heterocycles. The number of piperidine rings is 1. The molecule has 2 aromatic rings. The lowest BCUT2D eigenvalue weighted by molar-refractivity contribution is -0.160. The average Bonchev–Trinajstić information content (AvgIpc) is 3.29. The van der Waals surface area contributed by atoms with Gasteiger partial charge in [0.1, 0.15) is 17.5 Å². The minimum atomic E-state index is -1.19. The first-order valence-corrected chi connectivity index (χ1v) is 10.9. The lowest BCUT2D eigenvalue weighted by atomic mass is 9.81. The summed E-state index contributed by atoms with van der Waals surface area (Å²) in [7, 11) is 0. The number of amides is 3. The van der Waals surface area contributed by atoms with Crippen molar-refractivity contribution < 1.29 is 24.6 Å². The van der Waals surface area contributed by atoms with Crippen LogP contribution in [0.25, 0.3) is 0 Å². The molecule has 1 aromatic carbocycles. The summed E-state index contributed by atoms with van der Waals surface area (Å²) in [6.07, 6.45) is 0.501. The van der Waals surface area contributed by atoms with Gasteiger partial charge in [-0.2, -0.15) is 0 Å². The third-order valence-electron chi connectivity index (χ3n) is 5.55. The number of aromatic nitrogens is 2. The zero-order valence-corrected chi connectivity index (χ0v) is 17.4. The molecule has 11 nitrogen and oxygen atoms in total. The minimum absolute atomic E-state index is 0.0594. The van der Waals surface area contributed by atoms with Crippen LogP contribution in [0.4, 0.5) is 15.6 Å². The standard InChI is InChI=1S/C18H16N6O5S2/c19-16-21-22-18(31-16)30-13-9-5-6-23(17(29)20-7-1-3-8(25)4-2-7)11-10(9)24(14(11)26)12(13)15(27)28/h1-4,9-11,25H,5-6H2,(H2,19,21)(H,20,29)(H,27,28)/t9?,10-,11+/m1/s1. The number of hydrogen-bond donors (Lipinski definition) is 4. The molecule has 2 fully saturated rings. The summed E-state index contributed by atoms with van der Waals surface area (Å²) in [5.74, 6) is -1.74. The van der Waals surface area contributed by atoms with Crippen LogP contribution in [0.5, 0.6) is 5.75 Å².